The van der Waals surface area contributed by atoms with Gasteiger partial charge >= 0.3 is 0 Å². The van der Waals surface area contributed by atoms with Crippen LogP contribution in [0, 0.1) is 0 Å². The van der Waals surface area contributed by atoms with Crippen molar-refractivity contribution >= 4 is 11.3 Å². The lowest BCUT2D eigenvalue weighted by molar-refractivity contribution is 0.486. The molecule has 2 rings (SSSR count). The molecule has 2 aromatic rings. The van der Waals surface area contributed by atoms with Crippen LogP contribution >= 0.6 is 11.3 Å². The number of nitrogens with one attached hydrogen (secondary N) is 1. The first-order valence-corrected chi connectivity index (χ1v) is 7.97. The van der Waals surface area contributed by atoms with E-state index in [0.717, 1.165) is 18.9 Å². The minimum atomic E-state index is 0.629. The summed E-state index contributed by atoms with van der Waals surface area (Å²) in [5, 5.41) is 5.56. The van der Waals surface area contributed by atoms with Gasteiger partial charge in [0.2, 0.25) is 0 Å². The van der Waals surface area contributed by atoms with E-state index in [1.54, 1.807) is 11.3 Å². The maximum atomic E-state index is 4.46. The Bertz CT molecular complexity index is 461. The van der Waals surface area contributed by atoms with Gasteiger partial charge in [0.15, 0.2) is 0 Å². The van der Waals surface area contributed by atoms with E-state index in [2.05, 4.69) is 52.4 Å². The first-order chi connectivity index (χ1) is 9.31. The smallest absolute Gasteiger partial charge is 0.149 e. The summed E-state index contributed by atoms with van der Waals surface area (Å²) in [5.41, 5.74) is 0. The van der Waals surface area contributed by atoms with E-state index >= 15 is 0 Å². The average molecular weight is 277 g/mol. The number of nitrogens with zero attached hydrogens (tertiary/aromatic N) is 2. The summed E-state index contributed by atoms with van der Waals surface area (Å²) >= 11 is 1.75. The third-order valence-corrected chi connectivity index (χ3v) is 4.16. The van der Waals surface area contributed by atoms with Crippen molar-refractivity contribution in [3.63, 3.8) is 0 Å². The van der Waals surface area contributed by atoms with Crippen LogP contribution < -0.4 is 5.32 Å². The molecule has 2 heterocycles. The molecule has 4 heteroatoms. The molecule has 1 unspecified atom stereocenters. The Morgan fingerprint density at radius 3 is 3.05 bits per heavy atom. The molecule has 0 aliphatic rings. The fourth-order valence-electron chi connectivity index (χ4n) is 2.30. The molecule has 0 aliphatic heterocycles. The SMILES string of the molecule is CCNC(C)CCCCn1ccnc1-c1cccs1. The summed E-state index contributed by atoms with van der Waals surface area (Å²) in [7, 11) is 0. The van der Waals surface area contributed by atoms with Crippen LogP contribution in [0.25, 0.3) is 10.7 Å². The Labute approximate surface area is 119 Å². The molecular weight excluding hydrogens is 254 g/mol. The molecule has 0 aliphatic carbocycles. The lowest BCUT2D eigenvalue weighted by Crippen LogP contribution is -2.25. The average Bonchev–Trinajstić information content (AvgIpc) is 3.05. The maximum absolute atomic E-state index is 4.46. The number of rotatable bonds is 8. The van der Waals surface area contributed by atoms with Gasteiger partial charge in [0.05, 0.1) is 4.88 Å². The topological polar surface area (TPSA) is 29.9 Å². The molecule has 0 aromatic carbocycles. The summed E-state index contributed by atoms with van der Waals surface area (Å²) in [6.45, 7) is 6.55. The Balaban J connectivity index is 1.79. The zero-order valence-corrected chi connectivity index (χ0v) is 12.6. The number of aryl methyl sites for hydroxylation is 1. The van der Waals surface area contributed by atoms with Crippen molar-refractivity contribution in [3.8, 4) is 10.7 Å². The third kappa shape index (κ3) is 4.18. The zero-order chi connectivity index (χ0) is 13.5. The largest absolute Gasteiger partial charge is 0.330 e. The summed E-state index contributed by atoms with van der Waals surface area (Å²) in [6.07, 6.45) is 7.71. The van der Waals surface area contributed by atoms with E-state index < -0.39 is 0 Å². The van der Waals surface area contributed by atoms with Crippen LogP contribution in [0.1, 0.15) is 33.1 Å². The van der Waals surface area contributed by atoms with Crippen LogP contribution in [0.2, 0.25) is 0 Å². The molecule has 0 spiro atoms. The minimum Gasteiger partial charge on any atom is -0.330 e. The second kappa shape index (κ2) is 7.46. The molecule has 1 N–H and O–H groups in total. The molecule has 3 nitrogen and oxygen atoms in total. The maximum Gasteiger partial charge on any atom is 0.149 e. The zero-order valence-electron chi connectivity index (χ0n) is 11.8. The van der Waals surface area contributed by atoms with Crippen LogP contribution in [0.4, 0.5) is 0 Å². The molecular formula is C15H23N3S. The Hall–Kier alpha value is -1.13. The van der Waals surface area contributed by atoms with Gasteiger partial charge < -0.3 is 9.88 Å². The Morgan fingerprint density at radius 2 is 2.32 bits per heavy atom. The lowest BCUT2D eigenvalue weighted by Gasteiger charge is -2.12. The highest BCUT2D eigenvalue weighted by atomic mass is 32.1. The number of thiophene rings is 1. The summed E-state index contributed by atoms with van der Waals surface area (Å²) in [6, 6.07) is 4.85. The predicted molar refractivity (Wildman–Crippen MR) is 82.5 cm³/mol. The highest BCUT2D eigenvalue weighted by molar-refractivity contribution is 7.13. The number of aromatic nitrogens is 2. The van der Waals surface area contributed by atoms with E-state index in [1.807, 2.05) is 6.20 Å². The third-order valence-electron chi connectivity index (χ3n) is 3.30. The van der Waals surface area contributed by atoms with Gasteiger partial charge in [-0.3, -0.25) is 0 Å². The summed E-state index contributed by atoms with van der Waals surface area (Å²) < 4.78 is 2.27. The van der Waals surface area contributed by atoms with Gasteiger partial charge in [-0.25, -0.2) is 4.98 Å². The van der Waals surface area contributed by atoms with Crippen molar-refractivity contribution in [1.82, 2.24) is 14.9 Å². The Morgan fingerprint density at radius 1 is 1.42 bits per heavy atom. The number of unbranched alkanes of at least 4 members (excludes halogenated alkanes) is 1. The molecule has 1 atom stereocenters. The van der Waals surface area contributed by atoms with Crippen LogP contribution in [0.15, 0.2) is 29.9 Å². The highest BCUT2D eigenvalue weighted by Crippen LogP contribution is 2.23. The quantitative estimate of drug-likeness (QED) is 0.744. The molecule has 0 saturated heterocycles. The fourth-order valence-corrected chi connectivity index (χ4v) is 3.04. The second-order valence-corrected chi connectivity index (χ2v) is 5.82. The minimum absolute atomic E-state index is 0.629. The Kier molecular flexibility index (Phi) is 5.61. The molecule has 19 heavy (non-hydrogen) atoms. The monoisotopic (exact) mass is 277 g/mol. The molecule has 0 saturated carbocycles. The number of hydrogen-bond acceptors (Lipinski definition) is 3. The standard InChI is InChI=1S/C15H23N3S/c1-3-16-13(2)7-4-5-10-18-11-9-17-15(18)14-8-6-12-19-14/h6,8-9,11-13,16H,3-5,7,10H2,1-2H3. The van der Waals surface area contributed by atoms with E-state index in [-0.39, 0.29) is 0 Å². The van der Waals surface area contributed by atoms with Gasteiger partial charge in [0.1, 0.15) is 5.82 Å². The molecule has 0 amide bonds. The first kappa shape index (κ1) is 14.3. The molecule has 2 aromatic heterocycles. The van der Waals surface area contributed by atoms with E-state index in [0.29, 0.717) is 6.04 Å². The van der Waals surface area contributed by atoms with Crippen LogP contribution in [0.5, 0.6) is 0 Å². The van der Waals surface area contributed by atoms with Gasteiger partial charge in [0.25, 0.3) is 0 Å². The van der Waals surface area contributed by atoms with E-state index in [4.69, 9.17) is 0 Å². The van der Waals surface area contributed by atoms with Crippen molar-refractivity contribution in [2.24, 2.45) is 0 Å². The van der Waals surface area contributed by atoms with E-state index in [1.165, 1.54) is 24.1 Å². The van der Waals surface area contributed by atoms with Gasteiger partial charge in [-0.05, 0) is 37.8 Å². The van der Waals surface area contributed by atoms with Crippen LogP contribution in [0.3, 0.4) is 0 Å². The van der Waals surface area contributed by atoms with Crippen LogP contribution in [-0.2, 0) is 6.54 Å². The second-order valence-electron chi connectivity index (χ2n) is 4.88. The van der Waals surface area contributed by atoms with E-state index in [9.17, 15) is 0 Å². The van der Waals surface area contributed by atoms with Crippen LogP contribution in [-0.4, -0.2) is 22.1 Å². The van der Waals surface area contributed by atoms with Gasteiger partial charge in [-0.2, -0.15) is 0 Å². The highest BCUT2D eigenvalue weighted by Gasteiger charge is 2.06. The normalized spacial score (nSPS) is 12.7. The summed E-state index contributed by atoms with van der Waals surface area (Å²) in [5.74, 6) is 1.11. The van der Waals surface area contributed by atoms with Gasteiger partial charge in [0, 0.05) is 25.0 Å². The van der Waals surface area contributed by atoms with Crippen molar-refractivity contribution < 1.29 is 0 Å². The number of hydrogen-bond donors (Lipinski definition) is 1. The first-order valence-electron chi connectivity index (χ1n) is 7.09. The fraction of sp³-hybridized carbons (Fsp3) is 0.533. The van der Waals surface area contributed by atoms with Gasteiger partial charge in [-0.15, -0.1) is 11.3 Å². The summed E-state index contributed by atoms with van der Waals surface area (Å²) in [4.78, 5) is 5.72. The van der Waals surface area contributed by atoms with Gasteiger partial charge in [-0.1, -0.05) is 19.4 Å². The van der Waals surface area contributed by atoms with Crippen molar-refractivity contribution in [2.75, 3.05) is 6.54 Å². The van der Waals surface area contributed by atoms with Crippen molar-refractivity contribution in [1.29, 1.82) is 0 Å². The molecule has 104 valence electrons. The number of imidazole rings is 1. The molecule has 0 fully saturated rings. The molecule has 0 radical (unpaired) electrons. The lowest BCUT2D eigenvalue weighted by atomic mass is 10.1. The van der Waals surface area contributed by atoms with Crippen molar-refractivity contribution in [3.05, 3.63) is 29.9 Å². The van der Waals surface area contributed by atoms with Crippen molar-refractivity contribution in [2.45, 2.75) is 45.7 Å². The molecule has 0 bridgehead atoms. The predicted octanol–water partition coefficient (Wildman–Crippen LogP) is 3.78.